The Morgan fingerprint density at radius 2 is 2.36 bits per heavy atom. The van der Waals surface area contributed by atoms with E-state index in [2.05, 4.69) is 31.0 Å². The molecule has 0 saturated carbocycles. The largest absolute Gasteiger partial charge is 0.360 e. The van der Waals surface area contributed by atoms with E-state index in [0.717, 1.165) is 4.60 Å². The van der Waals surface area contributed by atoms with Gasteiger partial charge in [0.2, 0.25) is 10.0 Å². The lowest BCUT2D eigenvalue weighted by molar-refractivity contribution is 0.588. The van der Waals surface area contributed by atoms with Crippen molar-refractivity contribution >= 4 is 42.4 Å². The number of nitrogens with zero attached hydrogens (tertiary/aromatic N) is 1. The maximum atomic E-state index is 11.0. The van der Waals surface area contributed by atoms with Crippen LogP contribution in [0.25, 0.3) is 0 Å². The zero-order valence-electron chi connectivity index (χ0n) is 7.45. The Kier molecular flexibility index (Phi) is 4.30. The van der Waals surface area contributed by atoms with Crippen molar-refractivity contribution in [1.29, 1.82) is 0 Å². The number of hydrogen-bond acceptors (Lipinski definition) is 5. The minimum Gasteiger partial charge on any atom is -0.360 e. The maximum absolute atomic E-state index is 11.0. The maximum Gasteiger partial charge on any atom is 0.213 e. The first-order valence-corrected chi connectivity index (χ1v) is 7.12. The van der Waals surface area contributed by atoms with Crippen molar-refractivity contribution in [2.24, 2.45) is 0 Å². The van der Waals surface area contributed by atoms with Crippen LogP contribution in [0, 0.1) is 0 Å². The number of halogens is 1. The zero-order chi connectivity index (χ0) is 10.6. The Hall–Kier alpha value is -0.180. The van der Waals surface area contributed by atoms with E-state index in [1.54, 1.807) is 0 Å². The predicted octanol–water partition coefficient (Wildman–Crippen LogP) is 0.867. The number of sulfonamides is 1. The van der Waals surface area contributed by atoms with Crippen LogP contribution in [0.1, 0.15) is 0 Å². The van der Waals surface area contributed by atoms with Crippen LogP contribution < -0.4 is 10.0 Å². The van der Waals surface area contributed by atoms with Crippen LogP contribution in [0.2, 0.25) is 0 Å². The van der Waals surface area contributed by atoms with Crippen LogP contribution in [-0.2, 0) is 10.0 Å². The monoisotopic (exact) mass is 299 g/mol. The van der Waals surface area contributed by atoms with Gasteiger partial charge in [0.25, 0.3) is 0 Å². The smallest absolute Gasteiger partial charge is 0.213 e. The number of thiazole rings is 1. The summed E-state index contributed by atoms with van der Waals surface area (Å²) in [6.07, 6.45) is 0. The SMILES string of the molecule is CNS(=O)(=O)CCNc1nc(Br)cs1. The Labute approximate surface area is 95.1 Å². The van der Waals surface area contributed by atoms with Crippen molar-refractivity contribution in [3.05, 3.63) is 9.98 Å². The molecule has 0 amide bonds. The zero-order valence-corrected chi connectivity index (χ0v) is 10.7. The Morgan fingerprint density at radius 1 is 1.64 bits per heavy atom. The fourth-order valence-electron chi connectivity index (χ4n) is 0.730. The average molecular weight is 300 g/mol. The first-order valence-electron chi connectivity index (χ1n) is 3.79. The van der Waals surface area contributed by atoms with Gasteiger partial charge in [-0.05, 0) is 23.0 Å². The van der Waals surface area contributed by atoms with Crippen LogP contribution in [0.3, 0.4) is 0 Å². The molecular formula is C6H10BrN3O2S2. The first-order chi connectivity index (χ1) is 6.53. The number of hydrogen-bond donors (Lipinski definition) is 2. The first kappa shape index (κ1) is 11.9. The second kappa shape index (κ2) is 5.06. The van der Waals surface area contributed by atoms with Crippen molar-refractivity contribution < 1.29 is 8.42 Å². The topological polar surface area (TPSA) is 71.1 Å². The molecule has 5 nitrogen and oxygen atoms in total. The quantitative estimate of drug-likeness (QED) is 0.846. The molecule has 1 aromatic rings. The highest BCUT2D eigenvalue weighted by molar-refractivity contribution is 9.10. The Bertz CT molecular complexity index is 390. The van der Waals surface area contributed by atoms with Crippen molar-refractivity contribution in [3.8, 4) is 0 Å². The molecule has 0 aromatic carbocycles. The highest BCUT2D eigenvalue weighted by Crippen LogP contribution is 2.18. The minimum atomic E-state index is -3.13. The highest BCUT2D eigenvalue weighted by Gasteiger charge is 2.06. The molecule has 0 unspecified atom stereocenters. The Morgan fingerprint density at radius 3 is 2.86 bits per heavy atom. The van der Waals surface area contributed by atoms with Crippen molar-refractivity contribution in [2.45, 2.75) is 0 Å². The molecule has 80 valence electrons. The van der Waals surface area contributed by atoms with Crippen LogP contribution in [-0.4, -0.2) is 32.7 Å². The van der Waals surface area contributed by atoms with Crippen molar-refractivity contribution in [3.63, 3.8) is 0 Å². The van der Waals surface area contributed by atoms with E-state index in [1.807, 2.05) is 5.38 Å². The van der Waals surface area contributed by atoms with Crippen LogP contribution in [0.5, 0.6) is 0 Å². The van der Waals surface area contributed by atoms with Gasteiger partial charge in [0.05, 0.1) is 5.75 Å². The summed E-state index contributed by atoms with van der Waals surface area (Å²) < 4.78 is 25.0. The minimum absolute atomic E-state index is 0.0424. The van der Waals surface area contributed by atoms with Crippen LogP contribution >= 0.6 is 27.3 Å². The van der Waals surface area contributed by atoms with Gasteiger partial charge in [-0.25, -0.2) is 18.1 Å². The number of nitrogens with one attached hydrogen (secondary N) is 2. The molecule has 14 heavy (non-hydrogen) atoms. The third-order valence-corrected chi connectivity index (χ3v) is 4.31. The second-order valence-electron chi connectivity index (χ2n) is 2.43. The second-order valence-corrected chi connectivity index (χ2v) is 6.14. The third kappa shape index (κ3) is 3.91. The summed E-state index contributed by atoms with van der Waals surface area (Å²) in [5.41, 5.74) is 0. The third-order valence-electron chi connectivity index (χ3n) is 1.43. The molecule has 0 spiro atoms. The summed E-state index contributed by atoms with van der Waals surface area (Å²) in [5, 5.41) is 5.45. The molecule has 0 saturated heterocycles. The predicted molar refractivity (Wildman–Crippen MR) is 61.2 cm³/mol. The molecule has 0 fully saturated rings. The van der Waals surface area contributed by atoms with Gasteiger partial charge in [-0.2, -0.15) is 0 Å². The molecule has 1 heterocycles. The van der Waals surface area contributed by atoms with Crippen molar-refractivity contribution in [2.75, 3.05) is 24.7 Å². The molecule has 0 aliphatic heterocycles. The van der Waals surface area contributed by atoms with Gasteiger partial charge in [-0.3, -0.25) is 0 Å². The van der Waals surface area contributed by atoms with Gasteiger partial charge in [0.15, 0.2) is 5.13 Å². The summed E-state index contributed by atoms with van der Waals surface area (Å²) in [6.45, 7) is 0.350. The van der Waals surface area contributed by atoms with Crippen molar-refractivity contribution in [1.82, 2.24) is 9.71 Å². The normalized spacial score (nSPS) is 11.6. The van der Waals surface area contributed by atoms with E-state index in [9.17, 15) is 8.42 Å². The van der Waals surface area contributed by atoms with Gasteiger partial charge in [-0.15, -0.1) is 11.3 Å². The number of anilines is 1. The lowest BCUT2D eigenvalue weighted by atomic mass is 10.7. The molecule has 0 aliphatic carbocycles. The molecular weight excluding hydrogens is 290 g/mol. The highest BCUT2D eigenvalue weighted by atomic mass is 79.9. The summed E-state index contributed by atoms with van der Waals surface area (Å²) >= 11 is 4.63. The van der Waals surface area contributed by atoms with Crippen LogP contribution in [0.15, 0.2) is 9.98 Å². The summed E-state index contributed by atoms with van der Waals surface area (Å²) in [7, 11) is -1.73. The molecule has 0 bridgehead atoms. The van der Waals surface area contributed by atoms with E-state index >= 15 is 0 Å². The van der Waals surface area contributed by atoms with Crippen LogP contribution in [0.4, 0.5) is 5.13 Å². The van der Waals surface area contributed by atoms with Gasteiger partial charge in [-0.1, -0.05) is 0 Å². The number of aromatic nitrogens is 1. The van der Waals surface area contributed by atoms with E-state index in [0.29, 0.717) is 11.7 Å². The lowest BCUT2D eigenvalue weighted by Gasteiger charge is -2.02. The molecule has 1 rings (SSSR count). The van der Waals surface area contributed by atoms with Gasteiger partial charge < -0.3 is 5.32 Å². The average Bonchev–Trinajstić information content (AvgIpc) is 2.51. The molecule has 0 radical (unpaired) electrons. The standard InChI is InChI=1S/C6H10BrN3O2S2/c1-8-14(11,12)3-2-9-6-10-5(7)4-13-6/h4,8H,2-3H2,1H3,(H,9,10). The fourth-order valence-corrected chi connectivity index (χ4v) is 2.48. The molecule has 0 aliphatic rings. The van der Waals surface area contributed by atoms with E-state index in [-0.39, 0.29) is 5.75 Å². The summed E-state index contributed by atoms with van der Waals surface area (Å²) in [4.78, 5) is 4.06. The molecule has 8 heteroatoms. The van der Waals surface area contributed by atoms with Gasteiger partial charge in [0.1, 0.15) is 4.60 Å². The van der Waals surface area contributed by atoms with E-state index in [1.165, 1.54) is 18.4 Å². The molecule has 1 aromatic heterocycles. The number of rotatable bonds is 5. The lowest BCUT2D eigenvalue weighted by Crippen LogP contribution is -2.26. The van der Waals surface area contributed by atoms with Gasteiger partial charge in [0, 0.05) is 11.9 Å². The molecule has 2 N–H and O–H groups in total. The summed E-state index contributed by atoms with van der Waals surface area (Å²) in [6, 6.07) is 0. The van der Waals surface area contributed by atoms with E-state index < -0.39 is 10.0 Å². The fraction of sp³-hybridized carbons (Fsp3) is 0.500. The summed E-state index contributed by atoms with van der Waals surface area (Å²) in [5.74, 6) is 0.0424. The van der Waals surface area contributed by atoms with Gasteiger partial charge >= 0.3 is 0 Å². The molecule has 0 atom stereocenters. The van der Waals surface area contributed by atoms with E-state index in [4.69, 9.17) is 0 Å². The Balaban J connectivity index is 2.36.